The van der Waals surface area contributed by atoms with Crippen molar-refractivity contribution in [3.8, 4) is 22.6 Å². The van der Waals surface area contributed by atoms with Gasteiger partial charge in [0.25, 0.3) is 5.91 Å². The van der Waals surface area contributed by atoms with E-state index < -0.39 is 24.3 Å². The first-order chi connectivity index (χ1) is 20.5. The number of methoxy groups -OCH3 is 1. The Morgan fingerprint density at radius 1 is 0.932 bits per heavy atom. The summed E-state index contributed by atoms with van der Waals surface area (Å²) >= 11 is 0. The number of halogens is 6. The molecule has 4 N–H and O–H groups in total. The molecule has 1 fully saturated rings. The summed E-state index contributed by atoms with van der Waals surface area (Å²) in [6, 6.07) is 12.8. The average Bonchev–Trinajstić information content (AvgIpc) is 3.50. The monoisotopic (exact) mass is 634 g/mol. The Morgan fingerprint density at radius 2 is 1.48 bits per heavy atom. The summed E-state index contributed by atoms with van der Waals surface area (Å²) in [7, 11) is 3.72. The zero-order valence-electron chi connectivity index (χ0n) is 23.2. The quantitative estimate of drug-likeness (QED) is 0.272. The number of carbonyl (C=O) groups is 3. The zero-order valence-corrected chi connectivity index (χ0v) is 23.2. The van der Waals surface area contributed by atoms with Crippen LogP contribution in [0.1, 0.15) is 23.2 Å². The number of aromatic nitrogens is 2. The summed E-state index contributed by atoms with van der Waals surface area (Å²) in [4.78, 5) is 32.9. The molecule has 44 heavy (non-hydrogen) atoms. The van der Waals surface area contributed by atoms with E-state index in [2.05, 4.69) is 27.5 Å². The van der Waals surface area contributed by atoms with E-state index in [0.717, 1.165) is 37.1 Å². The van der Waals surface area contributed by atoms with E-state index in [1.54, 1.807) is 37.6 Å². The molecule has 2 heterocycles. The second-order valence-corrected chi connectivity index (χ2v) is 9.11. The van der Waals surface area contributed by atoms with Crippen LogP contribution in [-0.4, -0.2) is 88.9 Å². The average molecular weight is 635 g/mol. The topological polar surface area (TPSA) is 154 Å². The molecular formula is C27H28F6N4O7. The number of carbonyl (C=O) groups excluding carboxylic acids is 1. The van der Waals surface area contributed by atoms with Gasteiger partial charge in [-0.05, 0) is 61.9 Å². The number of nitrogens with zero attached hydrogens (tertiary/aromatic N) is 2. The summed E-state index contributed by atoms with van der Waals surface area (Å²) in [5.74, 6) is -4.32. The van der Waals surface area contributed by atoms with Gasteiger partial charge in [0.1, 0.15) is 17.6 Å². The number of hydrogen-bond acceptors (Lipinski definition) is 7. The lowest BCUT2D eigenvalue weighted by atomic mass is 10.1. The number of nitrogens with one attached hydrogen (secondary N) is 2. The first-order valence-corrected chi connectivity index (χ1v) is 12.5. The number of aromatic amines is 1. The highest BCUT2D eigenvalue weighted by molar-refractivity contribution is 6.05. The smallest absolute Gasteiger partial charge is 0.490 e. The maximum Gasteiger partial charge on any atom is 0.490 e. The van der Waals surface area contributed by atoms with Gasteiger partial charge in [0, 0.05) is 30.4 Å². The second-order valence-electron chi connectivity index (χ2n) is 9.11. The summed E-state index contributed by atoms with van der Waals surface area (Å²) in [5, 5.41) is 24.1. The predicted octanol–water partition coefficient (Wildman–Crippen LogP) is 5.08. The highest BCUT2D eigenvalue weighted by Gasteiger charge is 2.38. The lowest BCUT2D eigenvalue weighted by molar-refractivity contribution is -0.193. The van der Waals surface area contributed by atoms with Crippen LogP contribution in [0.4, 0.5) is 32.0 Å². The van der Waals surface area contributed by atoms with Gasteiger partial charge in [-0.3, -0.25) is 9.89 Å². The van der Waals surface area contributed by atoms with Crippen molar-refractivity contribution in [1.82, 2.24) is 15.1 Å². The number of benzene rings is 2. The number of likely N-dealkylation sites (tertiary alicyclic amines) is 1. The molecule has 17 heteroatoms. The summed E-state index contributed by atoms with van der Waals surface area (Å²) in [6.07, 6.45) is -4.52. The van der Waals surface area contributed by atoms with Crippen molar-refractivity contribution >= 4 is 23.5 Å². The molecule has 1 aliphatic heterocycles. The molecule has 0 unspecified atom stereocenters. The van der Waals surface area contributed by atoms with E-state index in [9.17, 15) is 31.1 Å². The molecule has 3 aromatic rings. The number of carboxylic acid groups (broad SMARTS) is 2. The first-order valence-electron chi connectivity index (χ1n) is 12.5. The molecule has 2 aromatic carbocycles. The zero-order chi connectivity index (χ0) is 33.1. The number of anilines is 1. The van der Waals surface area contributed by atoms with Gasteiger partial charge in [-0.1, -0.05) is 6.07 Å². The van der Waals surface area contributed by atoms with Gasteiger partial charge in [-0.25, -0.2) is 9.59 Å². The van der Waals surface area contributed by atoms with E-state index in [-0.39, 0.29) is 12.0 Å². The lowest BCUT2D eigenvalue weighted by Gasteiger charge is -2.30. The summed E-state index contributed by atoms with van der Waals surface area (Å²) in [5.41, 5.74) is 3.16. The van der Waals surface area contributed by atoms with Crippen molar-refractivity contribution in [2.75, 3.05) is 32.6 Å². The van der Waals surface area contributed by atoms with Crippen molar-refractivity contribution in [2.45, 2.75) is 31.3 Å². The third-order valence-electron chi connectivity index (χ3n) is 5.86. The Hall–Kier alpha value is -4.80. The molecule has 1 aliphatic rings. The van der Waals surface area contributed by atoms with Gasteiger partial charge >= 0.3 is 24.3 Å². The number of alkyl halides is 6. The van der Waals surface area contributed by atoms with Crippen molar-refractivity contribution < 1.29 is 60.4 Å². The Bertz CT molecular complexity index is 1350. The minimum Gasteiger partial charge on any atom is -0.497 e. The molecule has 240 valence electrons. The molecule has 0 bridgehead atoms. The molecule has 0 saturated carbocycles. The number of H-pyrrole nitrogens is 1. The number of carboxylic acids is 2. The summed E-state index contributed by atoms with van der Waals surface area (Å²) < 4.78 is 75.0. The standard InChI is InChI=1S/C23H26N4O3.2C2HF3O2/c1-27-11-9-20(10-12-27)30-22-13-17(18-14-24-25-15-18)5-8-21(22)26-23(28)16-3-6-19(29-2)7-4-16;2*3-2(4,5)1(6)7/h3-8,13-15,20H,9-12H2,1-2H3,(H,24,25)(H,26,28);2*(H,6,7). The maximum atomic E-state index is 12.8. The second kappa shape index (κ2) is 15.6. The molecule has 1 saturated heterocycles. The Morgan fingerprint density at radius 3 is 1.93 bits per heavy atom. The third kappa shape index (κ3) is 11.5. The van der Waals surface area contributed by atoms with Crippen LogP contribution in [-0.2, 0) is 9.59 Å². The Labute approximate surface area is 246 Å². The van der Waals surface area contributed by atoms with Gasteiger partial charge in [0.15, 0.2) is 0 Å². The van der Waals surface area contributed by atoms with Gasteiger partial charge in [-0.2, -0.15) is 31.4 Å². The fourth-order valence-electron chi connectivity index (χ4n) is 3.53. The van der Waals surface area contributed by atoms with Crippen LogP contribution >= 0.6 is 0 Å². The minimum atomic E-state index is -5.08. The maximum absolute atomic E-state index is 12.8. The van der Waals surface area contributed by atoms with Crippen LogP contribution in [0.2, 0.25) is 0 Å². The highest BCUT2D eigenvalue weighted by atomic mass is 19.4. The van der Waals surface area contributed by atoms with Crippen LogP contribution in [0.15, 0.2) is 54.9 Å². The van der Waals surface area contributed by atoms with Gasteiger partial charge < -0.3 is 29.9 Å². The molecule has 11 nitrogen and oxygen atoms in total. The number of piperidine rings is 1. The lowest BCUT2D eigenvalue weighted by Crippen LogP contribution is -2.35. The van der Waals surface area contributed by atoms with Crippen molar-refractivity contribution in [3.63, 3.8) is 0 Å². The molecular weight excluding hydrogens is 606 g/mol. The third-order valence-corrected chi connectivity index (χ3v) is 5.86. The molecule has 1 aromatic heterocycles. The molecule has 0 spiro atoms. The molecule has 0 atom stereocenters. The van der Waals surface area contributed by atoms with Crippen LogP contribution < -0.4 is 14.8 Å². The van der Waals surface area contributed by atoms with Crippen molar-refractivity contribution in [3.05, 3.63) is 60.4 Å². The number of amides is 1. The van der Waals surface area contributed by atoms with Crippen molar-refractivity contribution in [1.29, 1.82) is 0 Å². The number of aliphatic carboxylic acids is 2. The Kier molecular flexibility index (Phi) is 12.6. The first kappa shape index (κ1) is 35.4. The normalized spacial score (nSPS) is 13.8. The molecule has 0 aliphatic carbocycles. The number of rotatable bonds is 6. The number of ether oxygens (including phenoxy) is 2. The fraction of sp³-hybridized carbons (Fsp3) is 0.333. The highest BCUT2D eigenvalue weighted by Crippen LogP contribution is 2.33. The number of hydrogen-bond donors (Lipinski definition) is 4. The molecule has 1 amide bonds. The van der Waals surface area contributed by atoms with Crippen LogP contribution in [0.25, 0.3) is 11.1 Å². The molecule has 4 rings (SSSR count). The predicted molar refractivity (Wildman–Crippen MR) is 143 cm³/mol. The van der Waals surface area contributed by atoms with E-state index in [1.807, 2.05) is 24.4 Å². The van der Waals surface area contributed by atoms with Crippen LogP contribution in [0, 0.1) is 0 Å². The van der Waals surface area contributed by atoms with Crippen molar-refractivity contribution in [2.24, 2.45) is 0 Å². The van der Waals surface area contributed by atoms with E-state index >= 15 is 0 Å². The largest absolute Gasteiger partial charge is 0.497 e. The SMILES string of the molecule is COc1ccc(C(=O)Nc2ccc(-c3cn[nH]c3)cc2OC2CCN(C)CC2)cc1.O=C(O)C(F)(F)F.O=C(O)C(F)(F)F. The fourth-order valence-corrected chi connectivity index (χ4v) is 3.53. The minimum absolute atomic E-state index is 0.123. The van der Waals surface area contributed by atoms with Gasteiger partial charge in [0.05, 0.1) is 19.0 Å². The van der Waals surface area contributed by atoms with Gasteiger partial charge in [-0.15, -0.1) is 0 Å². The van der Waals surface area contributed by atoms with Crippen LogP contribution in [0.5, 0.6) is 11.5 Å². The van der Waals surface area contributed by atoms with E-state index in [0.29, 0.717) is 22.7 Å². The van der Waals surface area contributed by atoms with E-state index in [4.69, 9.17) is 29.3 Å². The van der Waals surface area contributed by atoms with Crippen LogP contribution in [0.3, 0.4) is 0 Å². The van der Waals surface area contributed by atoms with Gasteiger partial charge in [0.2, 0.25) is 0 Å². The molecule has 0 radical (unpaired) electrons. The summed E-state index contributed by atoms with van der Waals surface area (Å²) in [6.45, 7) is 2.00. The van der Waals surface area contributed by atoms with E-state index in [1.165, 1.54) is 0 Å². The Balaban J connectivity index is 0.000000402.